The van der Waals surface area contributed by atoms with Gasteiger partial charge in [-0.25, -0.2) is 4.79 Å². The van der Waals surface area contributed by atoms with Crippen molar-refractivity contribution in [2.75, 3.05) is 6.54 Å². The number of para-hydroxylation sites is 1. The van der Waals surface area contributed by atoms with Crippen LogP contribution in [0, 0.1) is 0 Å². The van der Waals surface area contributed by atoms with E-state index in [0.717, 1.165) is 15.8 Å². The Morgan fingerprint density at radius 1 is 1.22 bits per heavy atom. The summed E-state index contributed by atoms with van der Waals surface area (Å²) in [5.41, 5.74) is -0.432. The third kappa shape index (κ3) is 3.26. The predicted octanol–water partition coefficient (Wildman–Crippen LogP) is 2.50. The summed E-state index contributed by atoms with van der Waals surface area (Å²) in [6.07, 6.45) is -1.19. The highest BCUT2D eigenvalue weighted by atomic mass is 16.4. The zero-order valence-corrected chi connectivity index (χ0v) is 13.7. The van der Waals surface area contributed by atoms with Crippen molar-refractivity contribution in [3.63, 3.8) is 0 Å². The van der Waals surface area contributed by atoms with Crippen LogP contribution in [-0.2, 0) is 7.05 Å². The van der Waals surface area contributed by atoms with E-state index in [-0.39, 0.29) is 12.1 Å². The number of benzene rings is 1. The minimum atomic E-state index is -1.19. The topological polar surface area (TPSA) is 79.6 Å². The molecule has 0 spiro atoms. The Labute approximate surface area is 134 Å². The van der Waals surface area contributed by atoms with Gasteiger partial charge in [-0.15, -0.1) is 0 Å². The highest BCUT2D eigenvalue weighted by molar-refractivity contribution is 6.01. The number of carbonyl (C=O) groups is 2. The molecule has 1 aromatic heterocycles. The summed E-state index contributed by atoms with van der Waals surface area (Å²) in [7, 11) is 1.60. The molecular weight excluding hydrogens is 296 g/mol. The number of amides is 1. The Kier molecular flexibility index (Phi) is 4.27. The molecule has 0 unspecified atom stereocenters. The number of fused-ring (bicyclic) bond motifs is 1. The van der Waals surface area contributed by atoms with Crippen LogP contribution in [0.3, 0.4) is 0 Å². The molecule has 0 saturated carbocycles. The average molecular weight is 316 g/mol. The van der Waals surface area contributed by atoms with Crippen LogP contribution < -0.4 is 5.56 Å². The maximum Gasteiger partial charge on any atom is 0.408 e. The van der Waals surface area contributed by atoms with Gasteiger partial charge in [0, 0.05) is 12.6 Å². The summed E-state index contributed by atoms with van der Waals surface area (Å²) in [6, 6.07) is 8.77. The Morgan fingerprint density at radius 3 is 2.39 bits per heavy atom. The number of Topliss-reactive ketones (excluding diaryl/α,β-unsaturated/α-hetero) is 1. The van der Waals surface area contributed by atoms with Crippen molar-refractivity contribution in [3.8, 4) is 0 Å². The van der Waals surface area contributed by atoms with E-state index in [2.05, 4.69) is 0 Å². The second-order valence-electron chi connectivity index (χ2n) is 6.44. The van der Waals surface area contributed by atoms with E-state index in [4.69, 9.17) is 0 Å². The van der Waals surface area contributed by atoms with Gasteiger partial charge in [-0.05, 0) is 38.3 Å². The fraction of sp³-hybridized carbons (Fsp3) is 0.353. The van der Waals surface area contributed by atoms with Crippen molar-refractivity contribution in [1.82, 2.24) is 9.47 Å². The molecule has 2 rings (SSSR count). The van der Waals surface area contributed by atoms with Gasteiger partial charge in [-0.2, -0.15) is 0 Å². The van der Waals surface area contributed by atoms with Gasteiger partial charge in [0.25, 0.3) is 5.56 Å². The monoisotopic (exact) mass is 316 g/mol. The van der Waals surface area contributed by atoms with Crippen LogP contribution in [0.1, 0.15) is 31.1 Å². The fourth-order valence-corrected chi connectivity index (χ4v) is 2.44. The van der Waals surface area contributed by atoms with Crippen molar-refractivity contribution in [2.45, 2.75) is 26.3 Å². The number of carbonyl (C=O) groups excluding carboxylic acids is 1. The SMILES string of the molecule is Cn1c(=O)c(C(=O)CN(C(=O)O)C(C)(C)C)cc2ccccc21. The number of aromatic nitrogens is 1. The fourth-order valence-electron chi connectivity index (χ4n) is 2.44. The normalized spacial score (nSPS) is 11.5. The number of pyridine rings is 1. The molecule has 1 heterocycles. The molecule has 2 aromatic rings. The second-order valence-corrected chi connectivity index (χ2v) is 6.44. The van der Waals surface area contributed by atoms with Crippen LogP contribution in [0.15, 0.2) is 35.1 Å². The molecule has 0 bridgehead atoms. The van der Waals surface area contributed by atoms with E-state index < -0.39 is 23.0 Å². The quantitative estimate of drug-likeness (QED) is 0.882. The second kappa shape index (κ2) is 5.87. The zero-order valence-electron chi connectivity index (χ0n) is 13.7. The number of ketones is 1. The maximum atomic E-state index is 12.5. The third-order valence-electron chi connectivity index (χ3n) is 3.78. The van der Waals surface area contributed by atoms with Crippen LogP contribution >= 0.6 is 0 Å². The average Bonchev–Trinajstić information content (AvgIpc) is 2.46. The molecule has 0 aliphatic rings. The van der Waals surface area contributed by atoms with Crippen LogP contribution in [0.5, 0.6) is 0 Å². The predicted molar refractivity (Wildman–Crippen MR) is 88.0 cm³/mol. The maximum absolute atomic E-state index is 12.5. The lowest BCUT2D eigenvalue weighted by Crippen LogP contribution is -2.48. The third-order valence-corrected chi connectivity index (χ3v) is 3.78. The van der Waals surface area contributed by atoms with Gasteiger partial charge < -0.3 is 9.67 Å². The van der Waals surface area contributed by atoms with Gasteiger partial charge in [0.2, 0.25) is 0 Å². The molecular formula is C17H20N2O4. The molecule has 1 amide bonds. The number of rotatable bonds is 3. The van der Waals surface area contributed by atoms with Crippen molar-refractivity contribution < 1.29 is 14.7 Å². The Balaban J connectivity index is 2.48. The minimum Gasteiger partial charge on any atom is -0.465 e. The number of hydrogen-bond acceptors (Lipinski definition) is 3. The number of nitrogens with zero attached hydrogens (tertiary/aromatic N) is 2. The summed E-state index contributed by atoms with van der Waals surface area (Å²) in [4.78, 5) is 37.3. The molecule has 122 valence electrons. The number of hydrogen-bond donors (Lipinski definition) is 1. The highest BCUT2D eigenvalue weighted by Crippen LogP contribution is 2.16. The molecule has 6 heteroatoms. The first kappa shape index (κ1) is 16.7. The molecule has 23 heavy (non-hydrogen) atoms. The lowest BCUT2D eigenvalue weighted by Gasteiger charge is -2.32. The summed E-state index contributed by atoms with van der Waals surface area (Å²) >= 11 is 0. The minimum absolute atomic E-state index is 0.00157. The zero-order chi connectivity index (χ0) is 17.4. The van der Waals surface area contributed by atoms with Crippen LogP contribution in [-0.4, -0.2) is 38.5 Å². The lowest BCUT2D eigenvalue weighted by molar-refractivity contribution is 0.0765. The van der Waals surface area contributed by atoms with E-state index in [1.165, 1.54) is 10.6 Å². The van der Waals surface area contributed by atoms with Gasteiger partial charge >= 0.3 is 6.09 Å². The smallest absolute Gasteiger partial charge is 0.408 e. The molecule has 0 aliphatic carbocycles. The molecule has 0 radical (unpaired) electrons. The van der Waals surface area contributed by atoms with Gasteiger partial charge in [0.05, 0.1) is 17.6 Å². The summed E-state index contributed by atoms with van der Waals surface area (Å²) in [6.45, 7) is 4.75. The lowest BCUT2D eigenvalue weighted by atomic mass is 10.0. The van der Waals surface area contributed by atoms with Gasteiger partial charge in [0.15, 0.2) is 5.78 Å². The molecule has 1 N–H and O–H groups in total. The van der Waals surface area contributed by atoms with E-state index in [9.17, 15) is 19.5 Å². The number of aryl methyl sites for hydroxylation is 1. The first-order valence-electron chi connectivity index (χ1n) is 7.25. The summed E-state index contributed by atoms with van der Waals surface area (Å²) < 4.78 is 1.41. The molecule has 0 atom stereocenters. The summed E-state index contributed by atoms with van der Waals surface area (Å²) in [5.74, 6) is -0.506. The van der Waals surface area contributed by atoms with E-state index in [1.54, 1.807) is 33.9 Å². The number of carboxylic acid groups (broad SMARTS) is 1. The van der Waals surface area contributed by atoms with Gasteiger partial charge in [-0.1, -0.05) is 18.2 Å². The van der Waals surface area contributed by atoms with Crippen LogP contribution in [0.25, 0.3) is 10.9 Å². The Bertz CT molecular complexity index is 831. The van der Waals surface area contributed by atoms with Crippen molar-refractivity contribution >= 4 is 22.8 Å². The largest absolute Gasteiger partial charge is 0.465 e. The van der Waals surface area contributed by atoms with Crippen LogP contribution in [0.2, 0.25) is 0 Å². The van der Waals surface area contributed by atoms with Crippen molar-refractivity contribution in [2.24, 2.45) is 7.05 Å². The van der Waals surface area contributed by atoms with Crippen LogP contribution in [0.4, 0.5) is 4.79 Å². The Hall–Kier alpha value is -2.63. The molecule has 0 fully saturated rings. The van der Waals surface area contributed by atoms with E-state index in [1.807, 2.05) is 18.2 Å². The molecule has 6 nitrogen and oxygen atoms in total. The van der Waals surface area contributed by atoms with Crippen molar-refractivity contribution in [3.05, 3.63) is 46.2 Å². The first-order valence-corrected chi connectivity index (χ1v) is 7.25. The van der Waals surface area contributed by atoms with Crippen molar-refractivity contribution in [1.29, 1.82) is 0 Å². The first-order chi connectivity index (χ1) is 10.6. The molecule has 0 saturated heterocycles. The van der Waals surface area contributed by atoms with Gasteiger partial charge in [0.1, 0.15) is 0 Å². The highest BCUT2D eigenvalue weighted by Gasteiger charge is 2.29. The van der Waals surface area contributed by atoms with Gasteiger partial charge in [-0.3, -0.25) is 14.5 Å². The standard InChI is InChI=1S/C17H20N2O4/c1-17(2,3)19(16(22)23)10-14(20)12-9-11-7-5-6-8-13(11)18(4)15(12)21/h5-9H,10H2,1-4H3,(H,22,23). The summed E-state index contributed by atoms with van der Waals surface area (Å²) in [5, 5.41) is 10.1. The molecule has 0 aliphatic heterocycles. The Morgan fingerprint density at radius 2 is 1.83 bits per heavy atom. The van der Waals surface area contributed by atoms with E-state index >= 15 is 0 Å². The molecule has 1 aromatic carbocycles. The van der Waals surface area contributed by atoms with E-state index in [0.29, 0.717) is 0 Å².